The Kier molecular flexibility index (Phi) is 6.03. The van der Waals surface area contributed by atoms with Crippen molar-refractivity contribution in [1.82, 2.24) is 29.9 Å². The molecule has 0 aliphatic carbocycles. The molecule has 5 aromatic carbocycles. The maximum Gasteiger partial charge on any atom is 0.182 e. The average molecular weight is 589 g/mol. The predicted molar refractivity (Wildman–Crippen MR) is 185 cm³/mol. The Labute approximate surface area is 264 Å². The van der Waals surface area contributed by atoms with E-state index in [0.717, 1.165) is 54.7 Å². The van der Waals surface area contributed by atoms with Crippen LogP contribution >= 0.6 is 0 Å². The van der Waals surface area contributed by atoms with Gasteiger partial charge >= 0.3 is 0 Å². The Morgan fingerprint density at radius 3 is 1.85 bits per heavy atom. The Bertz CT molecular complexity index is 2580. The van der Waals surface area contributed by atoms with Crippen LogP contribution in [0.4, 0.5) is 0 Å². The van der Waals surface area contributed by atoms with Gasteiger partial charge in [0.1, 0.15) is 11.4 Å². The van der Waals surface area contributed by atoms with E-state index in [1.165, 1.54) is 5.39 Å². The minimum Gasteiger partial charge on any atom is -0.254 e. The quantitative estimate of drug-likeness (QED) is 0.191. The van der Waals surface area contributed by atoms with Crippen LogP contribution < -0.4 is 0 Å². The van der Waals surface area contributed by atoms with Gasteiger partial charge in [-0.05, 0) is 51.4 Å². The van der Waals surface area contributed by atoms with E-state index in [9.17, 15) is 0 Å². The summed E-state index contributed by atoms with van der Waals surface area (Å²) in [5, 5.41) is 6.55. The van der Waals surface area contributed by atoms with Crippen LogP contribution in [-0.4, -0.2) is 29.9 Å². The van der Waals surface area contributed by atoms with Gasteiger partial charge in [0.05, 0.1) is 11.0 Å². The van der Waals surface area contributed by atoms with Crippen LogP contribution in [0.5, 0.6) is 0 Å². The molecule has 0 radical (unpaired) electrons. The van der Waals surface area contributed by atoms with E-state index >= 15 is 0 Å². The first-order valence-corrected chi connectivity index (χ1v) is 15.1. The molecule has 0 aliphatic heterocycles. The van der Waals surface area contributed by atoms with Crippen molar-refractivity contribution in [2.75, 3.05) is 0 Å². The lowest BCUT2D eigenvalue weighted by molar-refractivity contribution is 1.05. The zero-order chi connectivity index (χ0) is 30.5. The molecule has 46 heavy (non-hydrogen) atoms. The monoisotopic (exact) mass is 588 g/mol. The topological polar surface area (TPSA) is 77.3 Å². The first-order chi connectivity index (χ1) is 22.8. The summed E-state index contributed by atoms with van der Waals surface area (Å²) in [4.78, 5) is 29.6. The summed E-state index contributed by atoms with van der Waals surface area (Å²) in [6, 6.07) is 45.3. The summed E-state index contributed by atoms with van der Waals surface area (Å²) >= 11 is 0. The zero-order valence-corrected chi connectivity index (χ0v) is 24.5. The molecule has 4 aromatic heterocycles. The summed E-state index contributed by atoms with van der Waals surface area (Å²) in [7, 11) is 0. The fourth-order valence-electron chi connectivity index (χ4n) is 6.14. The van der Waals surface area contributed by atoms with E-state index in [2.05, 4.69) is 89.9 Å². The smallest absolute Gasteiger partial charge is 0.182 e. The molecule has 4 heterocycles. The van der Waals surface area contributed by atoms with E-state index in [0.29, 0.717) is 28.9 Å². The summed E-state index contributed by atoms with van der Waals surface area (Å²) in [6.07, 6.45) is 3.66. The lowest BCUT2D eigenvalue weighted by Gasteiger charge is -2.12. The van der Waals surface area contributed by atoms with E-state index in [1.54, 1.807) is 6.20 Å². The number of hydrogen-bond acceptors (Lipinski definition) is 6. The van der Waals surface area contributed by atoms with Crippen LogP contribution in [0.15, 0.2) is 146 Å². The molecular weight excluding hydrogens is 564 g/mol. The molecule has 6 nitrogen and oxygen atoms in total. The van der Waals surface area contributed by atoms with Gasteiger partial charge in [0.15, 0.2) is 17.5 Å². The standard InChI is InChI=1S/C40H24N6/c1-2-9-25(10-3-1)29-19-20-34(42-24-29)39-44-38(33-23-28-11-4-5-13-30(28)31-14-6-7-15-32(31)33)45-40(46-39)35-21-18-27-17-16-26-12-8-22-41-36(26)37(27)43-35/h1-24H. The minimum atomic E-state index is 0.473. The Balaban J connectivity index is 1.28. The second-order valence-electron chi connectivity index (χ2n) is 11.2. The van der Waals surface area contributed by atoms with Gasteiger partial charge in [-0.2, -0.15) is 0 Å². The van der Waals surface area contributed by atoms with Gasteiger partial charge in [-0.1, -0.05) is 109 Å². The highest BCUT2D eigenvalue weighted by Gasteiger charge is 2.18. The molecular formula is C40H24N6. The third kappa shape index (κ3) is 4.43. The second kappa shape index (κ2) is 10.6. The largest absolute Gasteiger partial charge is 0.254 e. The molecule has 9 aromatic rings. The molecule has 0 atom stereocenters. The first kappa shape index (κ1) is 26.0. The van der Waals surface area contributed by atoms with Gasteiger partial charge < -0.3 is 0 Å². The molecule has 6 heteroatoms. The maximum atomic E-state index is 5.08. The Morgan fingerprint density at radius 1 is 0.370 bits per heavy atom. The molecule has 0 fully saturated rings. The van der Waals surface area contributed by atoms with Gasteiger partial charge in [-0.15, -0.1) is 0 Å². The predicted octanol–water partition coefficient (Wildman–Crippen LogP) is 9.34. The molecule has 214 valence electrons. The molecule has 0 saturated carbocycles. The second-order valence-corrected chi connectivity index (χ2v) is 11.2. The molecule has 0 saturated heterocycles. The highest BCUT2D eigenvalue weighted by molar-refractivity contribution is 6.13. The average Bonchev–Trinajstić information content (AvgIpc) is 3.14. The highest BCUT2D eigenvalue weighted by atomic mass is 15.1. The van der Waals surface area contributed by atoms with Crippen LogP contribution in [0.2, 0.25) is 0 Å². The summed E-state index contributed by atoms with van der Waals surface area (Å²) in [5.41, 5.74) is 5.99. The molecule has 0 unspecified atom stereocenters. The van der Waals surface area contributed by atoms with Crippen molar-refractivity contribution in [3.05, 3.63) is 146 Å². The summed E-state index contributed by atoms with van der Waals surface area (Å²) < 4.78 is 0. The van der Waals surface area contributed by atoms with Gasteiger partial charge in [0.25, 0.3) is 0 Å². The number of pyridine rings is 3. The third-order valence-electron chi connectivity index (χ3n) is 8.41. The Morgan fingerprint density at radius 2 is 1.02 bits per heavy atom. The fourth-order valence-corrected chi connectivity index (χ4v) is 6.14. The lowest BCUT2D eigenvalue weighted by Crippen LogP contribution is -2.03. The molecule has 0 amide bonds. The SMILES string of the molecule is c1ccc(-c2ccc(-c3nc(-c4ccc5ccc6cccnc6c5n4)nc(-c4cc5ccccc5c5ccccc45)n3)nc2)cc1. The van der Waals surface area contributed by atoms with E-state index < -0.39 is 0 Å². The van der Waals surface area contributed by atoms with Crippen LogP contribution in [0, 0.1) is 0 Å². The highest BCUT2D eigenvalue weighted by Crippen LogP contribution is 2.35. The first-order valence-electron chi connectivity index (χ1n) is 15.1. The van der Waals surface area contributed by atoms with E-state index in [-0.39, 0.29) is 0 Å². The molecule has 0 N–H and O–H groups in total. The van der Waals surface area contributed by atoms with Crippen molar-refractivity contribution in [3.63, 3.8) is 0 Å². The third-order valence-corrected chi connectivity index (χ3v) is 8.41. The van der Waals surface area contributed by atoms with Crippen LogP contribution in [0.1, 0.15) is 0 Å². The van der Waals surface area contributed by atoms with Crippen LogP contribution in [0.3, 0.4) is 0 Å². The summed E-state index contributed by atoms with van der Waals surface area (Å²) in [6.45, 7) is 0. The van der Waals surface area contributed by atoms with Gasteiger partial charge in [-0.3, -0.25) is 9.97 Å². The van der Waals surface area contributed by atoms with E-state index in [4.69, 9.17) is 24.9 Å². The number of fused-ring (bicyclic) bond motifs is 6. The van der Waals surface area contributed by atoms with Crippen molar-refractivity contribution in [2.24, 2.45) is 0 Å². The molecule has 0 spiro atoms. The fraction of sp³-hybridized carbons (Fsp3) is 0. The van der Waals surface area contributed by atoms with Gasteiger partial charge in [0, 0.05) is 34.3 Å². The number of rotatable bonds is 4. The van der Waals surface area contributed by atoms with Crippen molar-refractivity contribution >= 4 is 43.4 Å². The lowest BCUT2D eigenvalue weighted by atomic mass is 9.97. The van der Waals surface area contributed by atoms with Crippen molar-refractivity contribution in [3.8, 4) is 45.6 Å². The van der Waals surface area contributed by atoms with Crippen LogP contribution in [0.25, 0.3) is 88.9 Å². The van der Waals surface area contributed by atoms with Gasteiger partial charge in [-0.25, -0.2) is 19.9 Å². The maximum absolute atomic E-state index is 5.08. The van der Waals surface area contributed by atoms with E-state index in [1.807, 2.05) is 54.7 Å². The van der Waals surface area contributed by atoms with Crippen LogP contribution in [-0.2, 0) is 0 Å². The van der Waals surface area contributed by atoms with Gasteiger partial charge in [0.2, 0.25) is 0 Å². The number of nitrogens with zero attached hydrogens (tertiary/aromatic N) is 6. The number of hydrogen-bond donors (Lipinski definition) is 0. The molecule has 0 bridgehead atoms. The van der Waals surface area contributed by atoms with Crippen molar-refractivity contribution in [2.45, 2.75) is 0 Å². The van der Waals surface area contributed by atoms with Crippen molar-refractivity contribution < 1.29 is 0 Å². The zero-order valence-electron chi connectivity index (χ0n) is 24.5. The minimum absolute atomic E-state index is 0.473. The molecule has 0 aliphatic rings. The number of aromatic nitrogens is 6. The number of benzene rings is 5. The molecule has 9 rings (SSSR count). The normalized spacial score (nSPS) is 11.5. The Hall–Kier alpha value is -6.40. The van der Waals surface area contributed by atoms with Crippen molar-refractivity contribution in [1.29, 1.82) is 0 Å². The summed E-state index contributed by atoms with van der Waals surface area (Å²) in [5.74, 6) is 1.52.